The van der Waals surface area contributed by atoms with Gasteiger partial charge in [0.15, 0.2) is 12.1 Å². The molecule has 2 aromatic carbocycles. The molecule has 3 aromatic rings. The van der Waals surface area contributed by atoms with Crippen LogP contribution in [0.25, 0.3) is 0 Å². The van der Waals surface area contributed by atoms with Crippen LogP contribution in [0.15, 0.2) is 18.2 Å². The SMILES string of the molecule is COc1cccc2c1C(=O)c1c(O)c3c(c(O)c1C2=O)CC(C(=O)NNC(=O)CCOCCOCCOCCOCCNC(=O)CCCn1nnc2c1CSC1CCCCCC(C1)SC2)C[C@@H]3O[C@H]1CC[C@H](O[C@@H]2COCCN2)[C@H](C)O1. The standard InChI is InChI=1S/C57H79N7O16S2/c1-34-42(79-47-31-77-21-17-59-47)13-14-48(78-34)80-44-29-35(28-39-50(44)56(70)52-51(54(39)68)53(67)38-10-6-11-43(72-2)49(38)55(52)69)57(71)62-61-46(66)15-19-73-22-24-75-26-27-76-25-23-74-20-16-58-45(65)12-7-18-64-41-33-82-37-9-5-3-4-8-36(30-37)81-32-40(41)60-63-64/h6,10-11,34-37,42,44,47-48,59,68,70H,3-5,7-9,12-33H2,1-2H3,(H,58,65)(H,61,66)(H,62,71)/t34-,35?,36?,37?,42-,44-,47+,48-/m0/s1. The van der Waals surface area contributed by atoms with Crippen molar-refractivity contribution in [1.29, 1.82) is 0 Å². The molecule has 6 N–H and O–H groups in total. The van der Waals surface area contributed by atoms with Crippen LogP contribution in [0.5, 0.6) is 17.2 Å². The van der Waals surface area contributed by atoms with E-state index in [2.05, 4.69) is 43.6 Å². The zero-order valence-electron chi connectivity index (χ0n) is 46.9. The number of hydrazine groups is 1. The number of aryl methyl sites for hydroxylation is 1. The van der Waals surface area contributed by atoms with Crippen molar-refractivity contribution in [2.75, 3.05) is 86.3 Å². The minimum atomic E-state index is -1.10. The first-order valence-corrected chi connectivity index (χ1v) is 31.0. The van der Waals surface area contributed by atoms with Crippen molar-refractivity contribution in [3.63, 3.8) is 0 Å². The van der Waals surface area contributed by atoms with Crippen LogP contribution in [0.1, 0.15) is 144 Å². The highest BCUT2D eigenvalue weighted by Crippen LogP contribution is 2.52. The van der Waals surface area contributed by atoms with E-state index in [1.54, 1.807) is 6.07 Å². The van der Waals surface area contributed by atoms with Crippen LogP contribution in [0, 0.1) is 5.92 Å². The summed E-state index contributed by atoms with van der Waals surface area (Å²) in [5.74, 6) is -2.64. The van der Waals surface area contributed by atoms with Gasteiger partial charge in [0, 0.05) is 77.1 Å². The van der Waals surface area contributed by atoms with E-state index >= 15 is 0 Å². The first-order chi connectivity index (χ1) is 40.0. The normalized spacial score (nSPS) is 24.5. The number of carbonyl (C=O) groups is 5. The van der Waals surface area contributed by atoms with Gasteiger partial charge in [-0.15, -0.1) is 5.10 Å². The number of hydrogen-bond donors (Lipinski definition) is 6. The Hall–Kier alpha value is -4.93. The van der Waals surface area contributed by atoms with Gasteiger partial charge in [0.05, 0.1) is 126 Å². The van der Waals surface area contributed by atoms with Gasteiger partial charge in [0.2, 0.25) is 23.5 Å². The van der Waals surface area contributed by atoms with E-state index in [-0.39, 0.29) is 96.5 Å². The van der Waals surface area contributed by atoms with Gasteiger partial charge in [-0.2, -0.15) is 23.5 Å². The molecule has 3 aliphatic heterocycles. The zero-order valence-corrected chi connectivity index (χ0v) is 48.6. The lowest BCUT2D eigenvalue weighted by molar-refractivity contribution is -0.255. The molecule has 3 amide bonds. The van der Waals surface area contributed by atoms with Crippen LogP contribution >= 0.6 is 23.5 Å². The fraction of sp³-hybridized carbons (Fsp3) is 0.667. The Bertz CT molecular complexity index is 2680. The summed E-state index contributed by atoms with van der Waals surface area (Å²) in [6.07, 6.45) is 6.66. The Kier molecular flexibility index (Phi) is 23.1. The van der Waals surface area contributed by atoms with Gasteiger partial charge in [-0.3, -0.25) is 40.1 Å². The first kappa shape index (κ1) is 61.6. The van der Waals surface area contributed by atoms with Crippen LogP contribution < -0.4 is 26.2 Å². The van der Waals surface area contributed by atoms with Gasteiger partial charge in [0.25, 0.3) is 0 Å². The van der Waals surface area contributed by atoms with E-state index in [9.17, 15) is 34.2 Å². The van der Waals surface area contributed by atoms with E-state index < -0.39 is 59.3 Å². The van der Waals surface area contributed by atoms with E-state index in [0.29, 0.717) is 102 Å². The van der Waals surface area contributed by atoms with E-state index in [1.807, 2.05) is 23.4 Å². The summed E-state index contributed by atoms with van der Waals surface area (Å²) in [6.45, 7) is 6.91. The summed E-state index contributed by atoms with van der Waals surface area (Å²) in [5.41, 5.74) is 6.49. The summed E-state index contributed by atoms with van der Waals surface area (Å²) in [6, 6.07) is 4.52. The summed E-state index contributed by atoms with van der Waals surface area (Å²) in [4.78, 5) is 67.3. The van der Waals surface area contributed by atoms with Crippen LogP contribution in [0.2, 0.25) is 0 Å². The molecule has 2 saturated heterocycles. The molecule has 0 spiro atoms. The number of benzene rings is 2. The lowest BCUT2D eigenvalue weighted by Crippen LogP contribution is -2.49. The number of fused-ring (bicyclic) bond motifs is 6. The molecule has 9 rings (SSSR count). The third-order valence-electron chi connectivity index (χ3n) is 15.7. The van der Waals surface area contributed by atoms with Crippen LogP contribution in [-0.2, 0) is 76.7 Å². The number of rotatable bonds is 25. The molecule has 25 heteroatoms. The van der Waals surface area contributed by atoms with Gasteiger partial charge >= 0.3 is 0 Å². The number of carbonyl (C=O) groups excluding carboxylic acids is 5. The molecule has 2 bridgehead atoms. The van der Waals surface area contributed by atoms with Gasteiger partial charge in [-0.25, -0.2) is 4.68 Å². The number of phenols is 2. The van der Waals surface area contributed by atoms with Crippen molar-refractivity contribution >= 4 is 52.8 Å². The molecular weight excluding hydrogens is 1100 g/mol. The fourth-order valence-corrected chi connectivity index (χ4v) is 14.2. The highest BCUT2D eigenvalue weighted by atomic mass is 32.2. The molecule has 3 unspecified atom stereocenters. The molecule has 450 valence electrons. The predicted molar refractivity (Wildman–Crippen MR) is 301 cm³/mol. The number of morpholine rings is 1. The molecule has 3 aliphatic carbocycles. The molecule has 1 saturated carbocycles. The van der Waals surface area contributed by atoms with Crippen molar-refractivity contribution in [1.82, 2.24) is 36.5 Å². The Labute approximate surface area is 486 Å². The number of ether oxygens (including phenoxy) is 9. The summed E-state index contributed by atoms with van der Waals surface area (Å²) < 4.78 is 54.3. The average Bonchev–Trinajstić information content (AvgIpc) is 1.50. The number of ketones is 2. The Morgan fingerprint density at radius 3 is 2.27 bits per heavy atom. The molecule has 4 heterocycles. The second-order valence-electron chi connectivity index (χ2n) is 21.3. The molecule has 3 fully saturated rings. The zero-order chi connectivity index (χ0) is 57.4. The largest absolute Gasteiger partial charge is 0.507 e. The van der Waals surface area contributed by atoms with Crippen LogP contribution in [0.4, 0.5) is 0 Å². The maximum Gasteiger partial charge on any atom is 0.241 e. The number of phenolic OH excluding ortho intramolecular Hbond substituents is 2. The lowest BCUT2D eigenvalue weighted by Gasteiger charge is -2.40. The molecule has 23 nitrogen and oxygen atoms in total. The number of nitrogens with one attached hydrogen (secondary N) is 4. The van der Waals surface area contributed by atoms with Crippen molar-refractivity contribution in [2.24, 2.45) is 5.92 Å². The molecule has 82 heavy (non-hydrogen) atoms. The Morgan fingerprint density at radius 1 is 0.805 bits per heavy atom. The summed E-state index contributed by atoms with van der Waals surface area (Å²) in [5, 5.41) is 40.5. The smallest absolute Gasteiger partial charge is 0.241 e. The number of nitrogens with zero attached hydrogens (tertiary/aromatic N) is 3. The topological polar surface area (TPSA) is 288 Å². The average molecular weight is 1180 g/mol. The second kappa shape index (κ2) is 30.8. The van der Waals surface area contributed by atoms with Crippen LogP contribution in [0.3, 0.4) is 0 Å². The monoisotopic (exact) mass is 1180 g/mol. The van der Waals surface area contributed by atoms with E-state index in [1.165, 1.54) is 63.5 Å². The highest BCUT2D eigenvalue weighted by Gasteiger charge is 2.45. The van der Waals surface area contributed by atoms with Crippen molar-refractivity contribution in [3.05, 3.63) is 63.0 Å². The maximum absolute atomic E-state index is 14.1. The number of methoxy groups -OCH3 is 1. The van der Waals surface area contributed by atoms with Gasteiger partial charge in [0.1, 0.15) is 23.5 Å². The molecule has 6 aliphatic rings. The fourth-order valence-electron chi connectivity index (χ4n) is 11.4. The Balaban J connectivity index is 0.643. The number of aromatic nitrogens is 3. The molecule has 0 radical (unpaired) electrons. The van der Waals surface area contributed by atoms with Crippen molar-refractivity contribution in [2.45, 2.75) is 150 Å². The van der Waals surface area contributed by atoms with Gasteiger partial charge in [-0.1, -0.05) is 36.6 Å². The number of aromatic hydroxyl groups is 2. The van der Waals surface area contributed by atoms with E-state index in [0.717, 1.165) is 17.2 Å². The highest BCUT2D eigenvalue weighted by molar-refractivity contribution is 8.00. The second-order valence-corrected chi connectivity index (χ2v) is 23.9. The Morgan fingerprint density at radius 2 is 1.54 bits per heavy atom. The third kappa shape index (κ3) is 16.1. The quantitative estimate of drug-likeness (QED) is 0.0297. The number of hydrogen-bond acceptors (Lipinski definition) is 21. The van der Waals surface area contributed by atoms with E-state index in [4.69, 9.17) is 42.6 Å². The number of thioether (sulfide) groups is 2. The third-order valence-corrected chi connectivity index (χ3v) is 18.4. The maximum atomic E-state index is 14.1. The van der Waals surface area contributed by atoms with Crippen molar-refractivity contribution in [3.8, 4) is 17.2 Å². The lowest BCUT2D eigenvalue weighted by atomic mass is 9.74. The summed E-state index contributed by atoms with van der Waals surface area (Å²) >= 11 is 4.10. The number of amides is 3. The molecule has 1 aromatic heterocycles. The predicted octanol–water partition coefficient (Wildman–Crippen LogP) is 4.72. The van der Waals surface area contributed by atoms with Crippen molar-refractivity contribution < 1.29 is 76.8 Å². The minimum absolute atomic E-state index is 0.00485. The molecular formula is C57H79N7O16S2. The first-order valence-electron chi connectivity index (χ1n) is 28.9. The van der Waals surface area contributed by atoms with Gasteiger partial charge in [-0.05, 0) is 57.9 Å². The van der Waals surface area contributed by atoms with Gasteiger partial charge < -0.3 is 58.2 Å². The summed E-state index contributed by atoms with van der Waals surface area (Å²) in [7, 11) is 1.36. The minimum Gasteiger partial charge on any atom is -0.507 e. The van der Waals surface area contributed by atoms with Crippen LogP contribution in [-0.4, -0.2) is 176 Å². The molecule has 8 atom stereocenters.